The van der Waals surface area contributed by atoms with Crippen LogP contribution < -0.4 is 5.73 Å². The van der Waals surface area contributed by atoms with E-state index >= 15 is 0 Å². The molecule has 1 saturated heterocycles. The van der Waals surface area contributed by atoms with Crippen molar-refractivity contribution in [2.75, 3.05) is 26.2 Å². The number of carbonyl (C=O) groups excluding carboxylic acids is 1. The van der Waals surface area contributed by atoms with E-state index in [1.807, 2.05) is 0 Å². The normalized spacial score (nSPS) is 15.2. The minimum absolute atomic E-state index is 0. The lowest BCUT2D eigenvalue weighted by atomic mass is 10.1. The SMILES string of the molecule is Cl.NCCCOC1CCN(C(=O)CCc2cccc(F)c2F)CC1. The van der Waals surface area contributed by atoms with Gasteiger partial charge in [0.15, 0.2) is 11.6 Å². The van der Waals surface area contributed by atoms with E-state index in [-0.39, 0.29) is 42.8 Å². The molecule has 4 nitrogen and oxygen atoms in total. The Balaban J connectivity index is 0.00000288. The number of likely N-dealkylation sites (tertiary alicyclic amines) is 1. The molecule has 1 fully saturated rings. The Morgan fingerprint density at radius 1 is 1.29 bits per heavy atom. The molecule has 1 aromatic rings. The van der Waals surface area contributed by atoms with Gasteiger partial charge in [-0.25, -0.2) is 8.78 Å². The van der Waals surface area contributed by atoms with Gasteiger partial charge in [-0.3, -0.25) is 4.79 Å². The average Bonchev–Trinajstić information content (AvgIpc) is 2.57. The van der Waals surface area contributed by atoms with Crippen molar-refractivity contribution >= 4 is 18.3 Å². The first-order valence-corrected chi connectivity index (χ1v) is 8.14. The number of nitrogens with two attached hydrogens (primary N) is 1. The van der Waals surface area contributed by atoms with Crippen molar-refractivity contribution in [2.45, 2.75) is 38.2 Å². The van der Waals surface area contributed by atoms with Crippen molar-refractivity contribution in [1.82, 2.24) is 4.90 Å². The number of piperidine rings is 1. The molecule has 0 aromatic heterocycles. The molecule has 1 heterocycles. The highest BCUT2D eigenvalue weighted by atomic mass is 35.5. The lowest BCUT2D eigenvalue weighted by Gasteiger charge is -2.32. The van der Waals surface area contributed by atoms with E-state index < -0.39 is 11.6 Å². The molecule has 24 heavy (non-hydrogen) atoms. The van der Waals surface area contributed by atoms with Gasteiger partial charge in [0, 0.05) is 26.1 Å². The molecule has 136 valence electrons. The van der Waals surface area contributed by atoms with Gasteiger partial charge in [-0.05, 0) is 43.9 Å². The monoisotopic (exact) mass is 362 g/mol. The molecule has 1 amide bonds. The van der Waals surface area contributed by atoms with Crippen molar-refractivity contribution in [2.24, 2.45) is 5.73 Å². The molecule has 2 N–H and O–H groups in total. The summed E-state index contributed by atoms with van der Waals surface area (Å²) in [6.07, 6.45) is 3.06. The van der Waals surface area contributed by atoms with Crippen molar-refractivity contribution in [1.29, 1.82) is 0 Å². The third-order valence-electron chi connectivity index (χ3n) is 4.14. The molecule has 0 saturated carbocycles. The van der Waals surface area contributed by atoms with Crippen LogP contribution in [0.15, 0.2) is 18.2 Å². The molecule has 1 aromatic carbocycles. The summed E-state index contributed by atoms with van der Waals surface area (Å²) in [7, 11) is 0. The number of hydrogen-bond donors (Lipinski definition) is 1. The molecular weight excluding hydrogens is 338 g/mol. The Hall–Kier alpha value is -1.24. The van der Waals surface area contributed by atoms with E-state index in [1.54, 1.807) is 4.90 Å². The van der Waals surface area contributed by atoms with Gasteiger partial charge in [-0.1, -0.05) is 12.1 Å². The minimum atomic E-state index is -0.870. The number of rotatable bonds is 7. The molecular formula is C17H25ClF2N2O2. The van der Waals surface area contributed by atoms with Crippen LogP contribution in [-0.4, -0.2) is 43.2 Å². The van der Waals surface area contributed by atoms with Crippen LogP contribution in [0.4, 0.5) is 8.78 Å². The summed E-state index contributed by atoms with van der Waals surface area (Å²) in [5.41, 5.74) is 5.67. The van der Waals surface area contributed by atoms with Gasteiger partial charge in [-0.2, -0.15) is 0 Å². The van der Waals surface area contributed by atoms with E-state index in [0.29, 0.717) is 26.2 Å². The quantitative estimate of drug-likeness (QED) is 0.759. The highest BCUT2D eigenvalue weighted by Crippen LogP contribution is 2.17. The Labute approximate surface area is 147 Å². The van der Waals surface area contributed by atoms with Crippen LogP contribution in [0.2, 0.25) is 0 Å². The molecule has 0 bridgehead atoms. The molecule has 1 aliphatic rings. The van der Waals surface area contributed by atoms with E-state index in [2.05, 4.69) is 0 Å². The zero-order chi connectivity index (χ0) is 16.7. The molecule has 2 rings (SSSR count). The summed E-state index contributed by atoms with van der Waals surface area (Å²) in [5.74, 6) is -1.74. The van der Waals surface area contributed by atoms with Crippen LogP contribution >= 0.6 is 12.4 Å². The van der Waals surface area contributed by atoms with Gasteiger partial charge in [-0.15, -0.1) is 12.4 Å². The first-order chi connectivity index (χ1) is 11.1. The van der Waals surface area contributed by atoms with Gasteiger partial charge in [0.2, 0.25) is 5.91 Å². The fourth-order valence-electron chi connectivity index (χ4n) is 2.75. The zero-order valence-electron chi connectivity index (χ0n) is 13.7. The third kappa shape index (κ3) is 6.00. The molecule has 0 atom stereocenters. The van der Waals surface area contributed by atoms with E-state index in [9.17, 15) is 13.6 Å². The highest BCUT2D eigenvalue weighted by molar-refractivity contribution is 5.85. The molecule has 0 spiro atoms. The number of carbonyl (C=O) groups is 1. The van der Waals surface area contributed by atoms with Crippen molar-refractivity contribution in [3.63, 3.8) is 0 Å². The standard InChI is InChI=1S/C17H24F2N2O2.ClH/c18-15-4-1-3-13(17(15)19)5-6-16(22)21-10-7-14(8-11-21)23-12-2-9-20;/h1,3-4,14H,2,5-12,20H2;1H. The molecule has 1 aliphatic heterocycles. The second-order valence-electron chi connectivity index (χ2n) is 5.81. The average molecular weight is 363 g/mol. The number of ether oxygens (including phenoxy) is 1. The number of aryl methyl sites for hydroxylation is 1. The maximum Gasteiger partial charge on any atom is 0.222 e. The summed E-state index contributed by atoms with van der Waals surface area (Å²) in [5, 5.41) is 0. The lowest BCUT2D eigenvalue weighted by molar-refractivity contribution is -0.133. The predicted molar refractivity (Wildman–Crippen MR) is 91.2 cm³/mol. The van der Waals surface area contributed by atoms with Crippen LogP contribution in [-0.2, 0) is 16.0 Å². The zero-order valence-corrected chi connectivity index (χ0v) is 14.5. The number of halogens is 3. The van der Waals surface area contributed by atoms with Crippen LogP contribution in [0.3, 0.4) is 0 Å². The number of amides is 1. The fourth-order valence-corrected chi connectivity index (χ4v) is 2.75. The summed E-state index contributed by atoms with van der Waals surface area (Å²) in [6, 6.07) is 4.06. The van der Waals surface area contributed by atoms with Crippen molar-refractivity contribution in [3.05, 3.63) is 35.4 Å². The number of nitrogens with zero attached hydrogens (tertiary/aromatic N) is 1. The highest BCUT2D eigenvalue weighted by Gasteiger charge is 2.23. The molecule has 0 unspecified atom stereocenters. The molecule has 0 aliphatic carbocycles. The maximum absolute atomic E-state index is 13.6. The summed E-state index contributed by atoms with van der Waals surface area (Å²) >= 11 is 0. The van der Waals surface area contributed by atoms with Gasteiger partial charge in [0.25, 0.3) is 0 Å². The van der Waals surface area contributed by atoms with Crippen molar-refractivity contribution < 1.29 is 18.3 Å². The fraction of sp³-hybridized carbons (Fsp3) is 0.588. The Morgan fingerprint density at radius 3 is 2.67 bits per heavy atom. The smallest absolute Gasteiger partial charge is 0.222 e. The van der Waals surface area contributed by atoms with Gasteiger partial charge in [0.1, 0.15) is 0 Å². The third-order valence-corrected chi connectivity index (χ3v) is 4.14. The lowest BCUT2D eigenvalue weighted by Crippen LogP contribution is -2.41. The Kier molecular flexibility index (Phi) is 9.18. The summed E-state index contributed by atoms with van der Waals surface area (Å²) in [4.78, 5) is 14.0. The minimum Gasteiger partial charge on any atom is -0.378 e. The Bertz CT molecular complexity index is 523. The number of hydrogen-bond acceptors (Lipinski definition) is 3. The molecule has 7 heteroatoms. The predicted octanol–water partition coefficient (Wildman–Crippen LogP) is 2.68. The largest absolute Gasteiger partial charge is 0.378 e. The van der Waals surface area contributed by atoms with Crippen LogP contribution in [0.5, 0.6) is 0 Å². The maximum atomic E-state index is 13.6. The summed E-state index contributed by atoms with van der Waals surface area (Å²) < 4.78 is 32.4. The van der Waals surface area contributed by atoms with Gasteiger partial charge >= 0.3 is 0 Å². The van der Waals surface area contributed by atoms with Crippen LogP contribution in [0.1, 0.15) is 31.2 Å². The number of benzene rings is 1. The topological polar surface area (TPSA) is 55.6 Å². The van der Waals surface area contributed by atoms with E-state index in [4.69, 9.17) is 10.5 Å². The Morgan fingerprint density at radius 2 is 2.00 bits per heavy atom. The second kappa shape index (κ2) is 10.6. The molecule has 0 radical (unpaired) electrons. The van der Waals surface area contributed by atoms with Gasteiger partial charge < -0.3 is 15.4 Å². The first kappa shape index (κ1) is 20.8. The van der Waals surface area contributed by atoms with Crippen molar-refractivity contribution in [3.8, 4) is 0 Å². The van der Waals surface area contributed by atoms with E-state index in [0.717, 1.165) is 25.3 Å². The van der Waals surface area contributed by atoms with Crippen LogP contribution in [0, 0.1) is 11.6 Å². The van der Waals surface area contributed by atoms with Crippen LogP contribution in [0.25, 0.3) is 0 Å². The second-order valence-corrected chi connectivity index (χ2v) is 5.81. The van der Waals surface area contributed by atoms with E-state index in [1.165, 1.54) is 12.1 Å². The first-order valence-electron chi connectivity index (χ1n) is 8.14. The van der Waals surface area contributed by atoms with Gasteiger partial charge in [0.05, 0.1) is 6.10 Å². The summed E-state index contributed by atoms with van der Waals surface area (Å²) in [6.45, 7) is 2.58.